The summed E-state index contributed by atoms with van der Waals surface area (Å²) in [5.74, 6) is 0.958. The summed E-state index contributed by atoms with van der Waals surface area (Å²) in [4.78, 5) is 6.64. The molecule has 3 nitrogen and oxygen atoms in total. The smallest absolute Gasteiger partial charge is 0.128 e. The minimum absolute atomic E-state index is 0.432. The van der Waals surface area contributed by atoms with Crippen molar-refractivity contribution in [1.29, 1.82) is 0 Å². The lowest BCUT2D eigenvalue weighted by atomic mass is 10.3. The molecule has 1 heterocycles. The van der Waals surface area contributed by atoms with Crippen molar-refractivity contribution in [2.75, 3.05) is 19.0 Å². The van der Waals surface area contributed by atoms with Gasteiger partial charge in [-0.1, -0.05) is 11.6 Å². The third kappa shape index (κ3) is 3.08. The van der Waals surface area contributed by atoms with E-state index < -0.39 is 0 Å². The highest BCUT2D eigenvalue weighted by Crippen LogP contribution is 2.19. The van der Waals surface area contributed by atoms with Crippen LogP contribution in [0, 0.1) is 0 Å². The zero-order valence-electron chi connectivity index (χ0n) is 9.71. The van der Waals surface area contributed by atoms with Crippen LogP contribution in [-0.4, -0.2) is 25.1 Å². The molecule has 0 aliphatic carbocycles. The second-order valence-corrected chi connectivity index (χ2v) is 4.24. The summed E-state index contributed by atoms with van der Waals surface area (Å²) in [6.45, 7) is 4.96. The largest absolute Gasteiger partial charge is 0.357 e. The second-order valence-electron chi connectivity index (χ2n) is 3.83. The summed E-state index contributed by atoms with van der Waals surface area (Å²) in [6, 6.07) is 4.28. The standard InChI is InChI=1S/C11H18ClN3/c1-8(2)15(4)11-6-5-9(12)10(14-11)7-13-3/h5-6,8,13H,7H2,1-4H3. The van der Waals surface area contributed by atoms with Gasteiger partial charge in [0.25, 0.3) is 0 Å². The number of rotatable bonds is 4. The van der Waals surface area contributed by atoms with Crippen molar-refractivity contribution in [1.82, 2.24) is 10.3 Å². The van der Waals surface area contributed by atoms with Crippen LogP contribution in [0.2, 0.25) is 5.02 Å². The molecule has 1 N–H and O–H groups in total. The number of hydrogen-bond acceptors (Lipinski definition) is 3. The molecular formula is C11H18ClN3. The van der Waals surface area contributed by atoms with E-state index in [9.17, 15) is 0 Å². The number of nitrogens with zero attached hydrogens (tertiary/aromatic N) is 2. The zero-order chi connectivity index (χ0) is 11.4. The number of nitrogens with one attached hydrogen (secondary N) is 1. The Bertz CT molecular complexity index is 326. The fourth-order valence-corrected chi connectivity index (χ4v) is 1.40. The van der Waals surface area contributed by atoms with Crippen LogP contribution >= 0.6 is 11.6 Å². The SMILES string of the molecule is CNCc1nc(N(C)C(C)C)ccc1Cl. The van der Waals surface area contributed by atoms with Gasteiger partial charge >= 0.3 is 0 Å². The van der Waals surface area contributed by atoms with E-state index in [1.54, 1.807) is 0 Å². The van der Waals surface area contributed by atoms with E-state index in [1.807, 2.05) is 26.2 Å². The predicted octanol–water partition coefficient (Wildman–Crippen LogP) is 2.30. The fraction of sp³-hybridized carbons (Fsp3) is 0.545. The summed E-state index contributed by atoms with van der Waals surface area (Å²) >= 11 is 6.04. The van der Waals surface area contributed by atoms with Crippen molar-refractivity contribution in [2.24, 2.45) is 0 Å². The topological polar surface area (TPSA) is 28.2 Å². The summed E-state index contributed by atoms with van der Waals surface area (Å²) in [5.41, 5.74) is 0.893. The van der Waals surface area contributed by atoms with Gasteiger partial charge in [-0.15, -0.1) is 0 Å². The minimum atomic E-state index is 0.432. The maximum atomic E-state index is 6.04. The molecule has 15 heavy (non-hydrogen) atoms. The third-order valence-electron chi connectivity index (χ3n) is 2.38. The van der Waals surface area contributed by atoms with Gasteiger partial charge in [-0.3, -0.25) is 0 Å². The molecular weight excluding hydrogens is 210 g/mol. The number of halogens is 1. The van der Waals surface area contributed by atoms with Crippen molar-refractivity contribution in [3.63, 3.8) is 0 Å². The summed E-state index contributed by atoms with van der Waals surface area (Å²) in [5, 5.41) is 3.77. The first kappa shape index (κ1) is 12.3. The van der Waals surface area contributed by atoms with Crippen LogP contribution in [0.15, 0.2) is 12.1 Å². The van der Waals surface area contributed by atoms with Crippen LogP contribution in [-0.2, 0) is 6.54 Å². The third-order valence-corrected chi connectivity index (χ3v) is 2.73. The van der Waals surface area contributed by atoms with E-state index in [0.717, 1.165) is 11.5 Å². The van der Waals surface area contributed by atoms with Crippen molar-refractivity contribution in [2.45, 2.75) is 26.4 Å². The molecule has 0 unspecified atom stereocenters. The molecule has 0 bridgehead atoms. The molecule has 0 fully saturated rings. The van der Waals surface area contributed by atoms with Gasteiger partial charge in [-0.25, -0.2) is 4.98 Å². The maximum absolute atomic E-state index is 6.04. The first-order valence-electron chi connectivity index (χ1n) is 5.09. The quantitative estimate of drug-likeness (QED) is 0.856. The Morgan fingerprint density at radius 3 is 2.67 bits per heavy atom. The molecule has 1 aromatic rings. The second kappa shape index (κ2) is 5.33. The summed E-state index contributed by atoms with van der Waals surface area (Å²) < 4.78 is 0. The lowest BCUT2D eigenvalue weighted by Gasteiger charge is -2.23. The highest BCUT2D eigenvalue weighted by atomic mass is 35.5. The first-order chi connectivity index (χ1) is 7.06. The Hall–Kier alpha value is -0.800. The number of hydrogen-bond donors (Lipinski definition) is 1. The van der Waals surface area contributed by atoms with Crippen molar-refractivity contribution < 1.29 is 0 Å². The molecule has 0 saturated carbocycles. The molecule has 4 heteroatoms. The molecule has 0 radical (unpaired) electrons. The molecule has 0 saturated heterocycles. The van der Waals surface area contributed by atoms with Crippen molar-refractivity contribution in [3.05, 3.63) is 22.8 Å². The Kier molecular flexibility index (Phi) is 4.36. The number of aromatic nitrogens is 1. The fourth-order valence-electron chi connectivity index (χ4n) is 1.23. The van der Waals surface area contributed by atoms with E-state index in [1.165, 1.54) is 0 Å². The molecule has 0 aliphatic rings. The zero-order valence-corrected chi connectivity index (χ0v) is 10.5. The van der Waals surface area contributed by atoms with E-state index >= 15 is 0 Å². The van der Waals surface area contributed by atoms with Crippen molar-refractivity contribution >= 4 is 17.4 Å². The molecule has 0 aliphatic heterocycles. The Morgan fingerprint density at radius 1 is 1.47 bits per heavy atom. The summed E-state index contributed by atoms with van der Waals surface area (Å²) in [6.07, 6.45) is 0. The van der Waals surface area contributed by atoms with Crippen LogP contribution in [0.4, 0.5) is 5.82 Å². The van der Waals surface area contributed by atoms with Gasteiger partial charge in [0.15, 0.2) is 0 Å². The Morgan fingerprint density at radius 2 is 2.13 bits per heavy atom. The van der Waals surface area contributed by atoms with Crippen LogP contribution < -0.4 is 10.2 Å². The molecule has 0 spiro atoms. The first-order valence-corrected chi connectivity index (χ1v) is 5.47. The molecule has 0 amide bonds. The van der Waals surface area contributed by atoms with Crippen LogP contribution in [0.1, 0.15) is 19.5 Å². The van der Waals surface area contributed by atoms with E-state index in [-0.39, 0.29) is 0 Å². The normalized spacial score (nSPS) is 10.8. The van der Waals surface area contributed by atoms with Gasteiger partial charge in [-0.2, -0.15) is 0 Å². The van der Waals surface area contributed by atoms with Crippen molar-refractivity contribution in [3.8, 4) is 0 Å². The Balaban J connectivity index is 2.96. The summed E-state index contributed by atoms with van der Waals surface area (Å²) in [7, 11) is 3.92. The van der Waals surface area contributed by atoms with Gasteiger partial charge in [0.1, 0.15) is 5.82 Å². The number of pyridine rings is 1. The van der Waals surface area contributed by atoms with E-state index in [4.69, 9.17) is 11.6 Å². The molecule has 1 rings (SSSR count). The minimum Gasteiger partial charge on any atom is -0.357 e. The molecule has 1 aromatic heterocycles. The monoisotopic (exact) mass is 227 g/mol. The lowest BCUT2D eigenvalue weighted by molar-refractivity contribution is 0.731. The number of anilines is 1. The van der Waals surface area contributed by atoms with Crippen LogP contribution in [0.3, 0.4) is 0 Å². The average Bonchev–Trinajstić information content (AvgIpc) is 2.20. The van der Waals surface area contributed by atoms with Gasteiger partial charge in [-0.05, 0) is 33.0 Å². The van der Waals surface area contributed by atoms with E-state index in [0.29, 0.717) is 17.6 Å². The highest BCUT2D eigenvalue weighted by molar-refractivity contribution is 6.31. The predicted molar refractivity (Wildman–Crippen MR) is 65.5 cm³/mol. The molecule has 84 valence electrons. The van der Waals surface area contributed by atoms with Crippen LogP contribution in [0.5, 0.6) is 0 Å². The van der Waals surface area contributed by atoms with Gasteiger partial charge < -0.3 is 10.2 Å². The lowest BCUT2D eigenvalue weighted by Crippen LogP contribution is -2.27. The highest BCUT2D eigenvalue weighted by Gasteiger charge is 2.09. The van der Waals surface area contributed by atoms with E-state index in [2.05, 4.69) is 29.0 Å². The van der Waals surface area contributed by atoms with Gasteiger partial charge in [0.2, 0.25) is 0 Å². The maximum Gasteiger partial charge on any atom is 0.128 e. The van der Waals surface area contributed by atoms with Gasteiger partial charge in [0.05, 0.1) is 10.7 Å². The van der Waals surface area contributed by atoms with Gasteiger partial charge in [0, 0.05) is 19.6 Å². The van der Waals surface area contributed by atoms with Crippen LogP contribution in [0.25, 0.3) is 0 Å². The molecule has 0 aromatic carbocycles. The average molecular weight is 228 g/mol. The Labute approximate surface area is 96.5 Å². The molecule has 0 atom stereocenters.